The van der Waals surface area contributed by atoms with Crippen LogP contribution >= 0.6 is 0 Å². The first kappa shape index (κ1) is 13.9. The molecule has 0 aliphatic heterocycles. The Morgan fingerprint density at radius 2 is 1.81 bits per heavy atom. The molecule has 1 rings (SSSR count). The fraction of sp³-hybridized carbons (Fsp3) is 1.00. The van der Waals surface area contributed by atoms with Crippen molar-refractivity contribution in [2.24, 2.45) is 11.8 Å². The number of aliphatic hydroxyl groups excluding tert-OH is 1. The van der Waals surface area contributed by atoms with Crippen LogP contribution in [0.5, 0.6) is 0 Å². The Balaban J connectivity index is 2.24. The molecule has 0 bridgehead atoms. The molecule has 0 aromatic carbocycles. The summed E-state index contributed by atoms with van der Waals surface area (Å²) in [6.07, 6.45) is 5.21. The lowest BCUT2D eigenvalue weighted by atomic mass is 9.95. The SMILES string of the molecule is CCC(O)(CC)CNCC1CCCC1CO. The Kier molecular flexibility index (Phi) is 5.73. The van der Waals surface area contributed by atoms with Gasteiger partial charge in [-0.1, -0.05) is 20.3 Å². The lowest BCUT2D eigenvalue weighted by Gasteiger charge is -2.27. The number of aliphatic hydroxyl groups is 2. The van der Waals surface area contributed by atoms with Crippen LogP contribution in [0.15, 0.2) is 0 Å². The third kappa shape index (κ3) is 3.72. The van der Waals surface area contributed by atoms with Gasteiger partial charge in [0.1, 0.15) is 0 Å². The highest BCUT2D eigenvalue weighted by molar-refractivity contribution is 4.82. The minimum absolute atomic E-state index is 0.318. The smallest absolute Gasteiger partial charge is 0.0766 e. The first-order valence-electron chi connectivity index (χ1n) is 6.69. The topological polar surface area (TPSA) is 52.5 Å². The molecule has 0 amide bonds. The van der Waals surface area contributed by atoms with Crippen LogP contribution in [0.1, 0.15) is 46.0 Å². The van der Waals surface area contributed by atoms with Crippen molar-refractivity contribution in [3.05, 3.63) is 0 Å². The normalized spacial score (nSPS) is 26.2. The summed E-state index contributed by atoms with van der Waals surface area (Å²) in [5, 5.41) is 22.7. The summed E-state index contributed by atoms with van der Waals surface area (Å²) >= 11 is 0. The predicted octanol–water partition coefficient (Wildman–Crippen LogP) is 1.54. The molecule has 2 atom stereocenters. The average Bonchev–Trinajstić information content (AvgIpc) is 2.76. The van der Waals surface area contributed by atoms with Gasteiger partial charge in [-0.15, -0.1) is 0 Å². The van der Waals surface area contributed by atoms with Crippen molar-refractivity contribution in [1.82, 2.24) is 5.32 Å². The predicted molar refractivity (Wildman–Crippen MR) is 66.3 cm³/mol. The van der Waals surface area contributed by atoms with Crippen LogP contribution in [-0.4, -0.2) is 35.5 Å². The molecule has 3 nitrogen and oxygen atoms in total. The van der Waals surface area contributed by atoms with E-state index in [4.69, 9.17) is 0 Å². The molecule has 0 aromatic heterocycles. The van der Waals surface area contributed by atoms with Gasteiger partial charge in [-0.25, -0.2) is 0 Å². The third-order valence-corrected chi connectivity index (χ3v) is 4.23. The van der Waals surface area contributed by atoms with E-state index in [2.05, 4.69) is 5.32 Å². The molecule has 1 aliphatic carbocycles. The maximum absolute atomic E-state index is 10.1. The molecular formula is C13H27NO2. The quantitative estimate of drug-likeness (QED) is 0.620. The van der Waals surface area contributed by atoms with Crippen molar-refractivity contribution < 1.29 is 10.2 Å². The standard InChI is InChI=1S/C13H27NO2/c1-3-13(16,4-2)10-14-8-11-6-5-7-12(11)9-15/h11-12,14-16H,3-10H2,1-2H3. The number of rotatable bonds is 7. The van der Waals surface area contributed by atoms with Gasteiger partial charge >= 0.3 is 0 Å². The summed E-state index contributed by atoms with van der Waals surface area (Å²) in [6, 6.07) is 0. The largest absolute Gasteiger partial charge is 0.396 e. The van der Waals surface area contributed by atoms with E-state index in [9.17, 15) is 10.2 Å². The molecule has 1 saturated carbocycles. The van der Waals surface area contributed by atoms with Gasteiger partial charge in [-0.05, 0) is 44.1 Å². The molecule has 0 heterocycles. The molecule has 0 saturated heterocycles. The molecule has 2 unspecified atom stereocenters. The van der Waals surface area contributed by atoms with Crippen molar-refractivity contribution in [2.45, 2.75) is 51.6 Å². The first-order valence-corrected chi connectivity index (χ1v) is 6.69. The van der Waals surface area contributed by atoms with E-state index >= 15 is 0 Å². The fourth-order valence-corrected chi connectivity index (χ4v) is 2.61. The van der Waals surface area contributed by atoms with Crippen molar-refractivity contribution in [3.8, 4) is 0 Å². The van der Waals surface area contributed by atoms with E-state index in [-0.39, 0.29) is 0 Å². The van der Waals surface area contributed by atoms with Gasteiger partial charge in [0.25, 0.3) is 0 Å². The highest BCUT2D eigenvalue weighted by Crippen LogP contribution is 2.30. The van der Waals surface area contributed by atoms with E-state index in [1.54, 1.807) is 0 Å². The van der Waals surface area contributed by atoms with Crippen LogP contribution in [0.25, 0.3) is 0 Å². The summed E-state index contributed by atoms with van der Waals surface area (Å²) in [7, 11) is 0. The van der Waals surface area contributed by atoms with Crippen molar-refractivity contribution in [1.29, 1.82) is 0 Å². The second-order valence-electron chi connectivity index (χ2n) is 5.20. The maximum atomic E-state index is 10.1. The van der Waals surface area contributed by atoms with Gasteiger partial charge in [0.2, 0.25) is 0 Å². The minimum atomic E-state index is -0.548. The molecule has 3 heteroatoms. The molecule has 0 radical (unpaired) electrons. The summed E-state index contributed by atoms with van der Waals surface area (Å²) in [5.41, 5.74) is -0.548. The summed E-state index contributed by atoms with van der Waals surface area (Å²) < 4.78 is 0. The fourth-order valence-electron chi connectivity index (χ4n) is 2.61. The molecule has 1 fully saturated rings. The second-order valence-corrected chi connectivity index (χ2v) is 5.20. The number of nitrogens with one attached hydrogen (secondary N) is 1. The summed E-state index contributed by atoms with van der Waals surface area (Å²) in [5.74, 6) is 1.08. The van der Waals surface area contributed by atoms with Crippen molar-refractivity contribution >= 4 is 0 Å². The minimum Gasteiger partial charge on any atom is -0.396 e. The second kappa shape index (κ2) is 6.58. The summed E-state index contributed by atoms with van der Waals surface area (Å²) in [4.78, 5) is 0. The van der Waals surface area contributed by atoms with Gasteiger partial charge < -0.3 is 15.5 Å². The van der Waals surface area contributed by atoms with Gasteiger partial charge in [0.05, 0.1) is 5.60 Å². The molecule has 1 aliphatic rings. The number of hydrogen-bond donors (Lipinski definition) is 3. The zero-order chi connectivity index (χ0) is 12.0. The van der Waals surface area contributed by atoms with Gasteiger partial charge in [-0.2, -0.15) is 0 Å². The van der Waals surface area contributed by atoms with Crippen LogP contribution in [0.3, 0.4) is 0 Å². The molecule has 16 heavy (non-hydrogen) atoms. The average molecular weight is 229 g/mol. The van der Waals surface area contributed by atoms with Crippen LogP contribution in [0.2, 0.25) is 0 Å². The Hall–Kier alpha value is -0.120. The molecule has 0 spiro atoms. The molecule has 0 aromatic rings. The van der Waals surface area contributed by atoms with E-state index in [1.807, 2.05) is 13.8 Å². The van der Waals surface area contributed by atoms with Crippen LogP contribution in [0.4, 0.5) is 0 Å². The van der Waals surface area contributed by atoms with E-state index in [1.165, 1.54) is 12.8 Å². The van der Waals surface area contributed by atoms with Gasteiger partial charge in [0, 0.05) is 13.2 Å². The van der Waals surface area contributed by atoms with Gasteiger partial charge in [0.15, 0.2) is 0 Å². The van der Waals surface area contributed by atoms with Crippen molar-refractivity contribution in [3.63, 3.8) is 0 Å². The number of hydrogen-bond acceptors (Lipinski definition) is 3. The Bertz CT molecular complexity index is 192. The van der Waals surface area contributed by atoms with Crippen LogP contribution in [0, 0.1) is 11.8 Å². The zero-order valence-corrected chi connectivity index (χ0v) is 10.7. The molecule has 96 valence electrons. The lowest BCUT2D eigenvalue weighted by Crippen LogP contribution is -2.41. The monoisotopic (exact) mass is 229 g/mol. The van der Waals surface area contributed by atoms with Crippen molar-refractivity contribution in [2.75, 3.05) is 19.7 Å². The highest BCUT2D eigenvalue weighted by Gasteiger charge is 2.27. The Morgan fingerprint density at radius 1 is 1.19 bits per heavy atom. The summed E-state index contributed by atoms with van der Waals surface area (Å²) in [6.45, 7) is 5.98. The zero-order valence-electron chi connectivity index (χ0n) is 10.7. The lowest BCUT2D eigenvalue weighted by molar-refractivity contribution is 0.0310. The van der Waals surface area contributed by atoms with Crippen LogP contribution in [-0.2, 0) is 0 Å². The van der Waals surface area contributed by atoms with E-state index in [0.717, 1.165) is 25.8 Å². The third-order valence-electron chi connectivity index (χ3n) is 4.23. The van der Waals surface area contributed by atoms with E-state index < -0.39 is 5.60 Å². The maximum Gasteiger partial charge on any atom is 0.0766 e. The molecular weight excluding hydrogens is 202 g/mol. The molecule has 3 N–H and O–H groups in total. The van der Waals surface area contributed by atoms with Gasteiger partial charge in [-0.3, -0.25) is 0 Å². The van der Waals surface area contributed by atoms with E-state index in [0.29, 0.717) is 25.0 Å². The van der Waals surface area contributed by atoms with Crippen LogP contribution < -0.4 is 5.32 Å². The Morgan fingerprint density at radius 3 is 2.38 bits per heavy atom. The highest BCUT2D eigenvalue weighted by atomic mass is 16.3. The Labute approximate surface area is 99.3 Å². The first-order chi connectivity index (χ1) is 7.65.